The van der Waals surface area contributed by atoms with Gasteiger partial charge in [0.1, 0.15) is 6.10 Å². The quantitative estimate of drug-likeness (QED) is 0.456. The molecule has 0 aromatic rings. The molecule has 4 nitrogen and oxygen atoms in total. The Labute approximate surface area is 47.8 Å². The van der Waals surface area contributed by atoms with Crippen LogP contribution in [0.25, 0.3) is 0 Å². The van der Waals surface area contributed by atoms with Crippen molar-refractivity contribution in [1.29, 1.82) is 0 Å². The van der Waals surface area contributed by atoms with Crippen molar-refractivity contribution in [1.82, 2.24) is 0 Å². The summed E-state index contributed by atoms with van der Waals surface area (Å²) >= 11 is 0. The Hall–Kier alpha value is -0.610. The molecule has 0 spiro atoms. The molecule has 0 saturated carbocycles. The van der Waals surface area contributed by atoms with E-state index < -0.39 is 12.0 Å². The van der Waals surface area contributed by atoms with E-state index >= 15 is 0 Å². The Balaban J connectivity index is 3.32. The van der Waals surface area contributed by atoms with Gasteiger partial charge in [-0.05, 0) is 6.92 Å². The predicted molar refractivity (Wildman–Crippen MR) is 28.8 cm³/mol. The van der Waals surface area contributed by atoms with E-state index in [0.717, 1.165) is 0 Å². The second kappa shape index (κ2) is 3.40. The first-order chi connectivity index (χ1) is 3.68. The summed E-state index contributed by atoms with van der Waals surface area (Å²) < 4.78 is 4.61. The van der Waals surface area contributed by atoms with E-state index in [9.17, 15) is 4.79 Å². The number of rotatable bonds is 3. The van der Waals surface area contributed by atoms with Crippen LogP contribution in [0.15, 0.2) is 0 Å². The number of carbonyl (C=O) groups excluding carboxylic acids is 1. The lowest BCUT2D eigenvalue weighted by molar-refractivity contribution is -0.128. The van der Waals surface area contributed by atoms with Crippen molar-refractivity contribution < 1.29 is 9.53 Å². The first-order valence-electron chi connectivity index (χ1n) is 2.29. The minimum absolute atomic E-state index is 0.0319. The van der Waals surface area contributed by atoms with Crippen molar-refractivity contribution in [2.75, 3.05) is 6.73 Å². The van der Waals surface area contributed by atoms with Crippen LogP contribution in [0.4, 0.5) is 0 Å². The van der Waals surface area contributed by atoms with Gasteiger partial charge in [0.15, 0.2) is 0 Å². The predicted octanol–water partition coefficient (Wildman–Crippen LogP) is -1.21. The number of hydrogen-bond acceptors (Lipinski definition) is 3. The average molecular weight is 118 g/mol. The van der Waals surface area contributed by atoms with Crippen molar-refractivity contribution in [3.8, 4) is 0 Å². The third kappa shape index (κ3) is 2.54. The second-order valence-electron chi connectivity index (χ2n) is 1.38. The number of primary amides is 1. The molecule has 1 amide bonds. The van der Waals surface area contributed by atoms with Gasteiger partial charge < -0.3 is 16.2 Å². The minimum Gasteiger partial charge on any atom is -0.367 e. The Morgan fingerprint density at radius 3 is 2.50 bits per heavy atom. The van der Waals surface area contributed by atoms with Crippen molar-refractivity contribution in [2.45, 2.75) is 13.0 Å². The van der Waals surface area contributed by atoms with Crippen molar-refractivity contribution >= 4 is 5.91 Å². The van der Waals surface area contributed by atoms with Crippen LogP contribution in [-0.2, 0) is 9.53 Å². The fourth-order valence-corrected chi connectivity index (χ4v) is 0.226. The summed E-state index contributed by atoms with van der Waals surface area (Å²) in [5, 5.41) is 0. The fraction of sp³-hybridized carbons (Fsp3) is 0.750. The zero-order valence-electron chi connectivity index (χ0n) is 4.76. The van der Waals surface area contributed by atoms with Crippen LogP contribution in [0.5, 0.6) is 0 Å². The van der Waals surface area contributed by atoms with Crippen LogP contribution >= 0.6 is 0 Å². The lowest BCUT2D eigenvalue weighted by Gasteiger charge is -2.04. The van der Waals surface area contributed by atoms with Crippen LogP contribution in [0.3, 0.4) is 0 Å². The molecule has 48 valence electrons. The number of hydrogen-bond donors (Lipinski definition) is 2. The van der Waals surface area contributed by atoms with E-state index in [0.29, 0.717) is 0 Å². The summed E-state index contributed by atoms with van der Waals surface area (Å²) in [5.74, 6) is -0.490. The zero-order valence-corrected chi connectivity index (χ0v) is 4.76. The highest BCUT2D eigenvalue weighted by Gasteiger charge is 2.05. The molecule has 1 atom stereocenters. The molecule has 0 fully saturated rings. The third-order valence-corrected chi connectivity index (χ3v) is 0.747. The van der Waals surface area contributed by atoms with Crippen molar-refractivity contribution in [3.05, 3.63) is 0 Å². The molecule has 0 rings (SSSR count). The molecule has 0 aromatic heterocycles. The average Bonchev–Trinajstić information content (AvgIpc) is 1.67. The Morgan fingerprint density at radius 2 is 2.38 bits per heavy atom. The van der Waals surface area contributed by atoms with Gasteiger partial charge in [-0.2, -0.15) is 0 Å². The SMILES string of the molecule is CC(OCN)C(N)=O. The molecule has 0 aromatic carbocycles. The largest absolute Gasteiger partial charge is 0.367 e. The number of amides is 1. The monoisotopic (exact) mass is 118 g/mol. The van der Waals surface area contributed by atoms with Crippen molar-refractivity contribution in [3.63, 3.8) is 0 Å². The van der Waals surface area contributed by atoms with E-state index in [4.69, 9.17) is 11.5 Å². The smallest absolute Gasteiger partial charge is 0.246 e. The Morgan fingerprint density at radius 1 is 1.88 bits per heavy atom. The second-order valence-corrected chi connectivity index (χ2v) is 1.38. The summed E-state index contributed by atoms with van der Waals surface area (Å²) in [5.41, 5.74) is 9.74. The van der Waals surface area contributed by atoms with Crippen LogP contribution in [0, 0.1) is 0 Å². The molecule has 0 aliphatic rings. The molecule has 4 heteroatoms. The Bertz CT molecular complexity index is 84.1. The van der Waals surface area contributed by atoms with Gasteiger partial charge in [0.05, 0.1) is 6.73 Å². The molecule has 0 aliphatic heterocycles. The van der Waals surface area contributed by atoms with Gasteiger partial charge >= 0.3 is 0 Å². The van der Waals surface area contributed by atoms with Gasteiger partial charge in [0.25, 0.3) is 0 Å². The lowest BCUT2D eigenvalue weighted by atomic mass is 10.4. The number of carbonyl (C=O) groups is 1. The van der Waals surface area contributed by atoms with Crippen LogP contribution in [0.2, 0.25) is 0 Å². The fourth-order valence-electron chi connectivity index (χ4n) is 0.226. The summed E-state index contributed by atoms with van der Waals surface area (Å²) in [6.07, 6.45) is -0.569. The maximum atomic E-state index is 10.1. The van der Waals surface area contributed by atoms with E-state index in [1.807, 2.05) is 0 Å². The molecule has 0 bridgehead atoms. The molecule has 0 heterocycles. The maximum Gasteiger partial charge on any atom is 0.246 e. The molecular weight excluding hydrogens is 108 g/mol. The molecule has 0 radical (unpaired) electrons. The van der Waals surface area contributed by atoms with E-state index in [2.05, 4.69) is 4.74 Å². The van der Waals surface area contributed by atoms with E-state index in [1.165, 1.54) is 0 Å². The number of nitrogens with two attached hydrogens (primary N) is 2. The first kappa shape index (κ1) is 7.39. The summed E-state index contributed by atoms with van der Waals surface area (Å²) in [7, 11) is 0. The van der Waals surface area contributed by atoms with E-state index in [1.54, 1.807) is 6.92 Å². The summed E-state index contributed by atoms with van der Waals surface area (Å²) in [4.78, 5) is 10.1. The standard InChI is InChI=1S/C4H10N2O2/c1-3(4(6)7)8-2-5/h3H,2,5H2,1H3,(H2,6,7). The first-order valence-corrected chi connectivity index (χ1v) is 2.29. The molecule has 8 heavy (non-hydrogen) atoms. The van der Waals surface area contributed by atoms with Gasteiger partial charge in [-0.15, -0.1) is 0 Å². The highest BCUT2D eigenvalue weighted by atomic mass is 16.5. The van der Waals surface area contributed by atoms with Crippen LogP contribution in [-0.4, -0.2) is 18.7 Å². The summed E-state index contributed by atoms with van der Waals surface area (Å²) in [6, 6.07) is 0. The topological polar surface area (TPSA) is 78.3 Å². The van der Waals surface area contributed by atoms with Gasteiger partial charge in [0.2, 0.25) is 5.91 Å². The molecule has 0 saturated heterocycles. The Kier molecular flexibility index (Phi) is 3.14. The zero-order chi connectivity index (χ0) is 6.57. The summed E-state index contributed by atoms with van der Waals surface area (Å²) in [6.45, 7) is 1.58. The van der Waals surface area contributed by atoms with Gasteiger partial charge in [-0.3, -0.25) is 4.79 Å². The number of ether oxygens (including phenoxy) is 1. The molecular formula is C4H10N2O2. The molecule has 1 unspecified atom stereocenters. The van der Waals surface area contributed by atoms with E-state index in [-0.39, 0.29) is 6.73 Å². The van der Waals surface area contributed by atoms with Gasteiger partial charge in [-0.25, -0.2) is 0 Å². The van der Waals surface area contributed by atoms with Gasteiger partial charge in [0, 0.05) is 0 Å². The third-order valence-electron chi connectivity index (χ3n) is 0.747. The molecule has 4 N–H and O–H groups in total. The minimum atomic E-state index is -0.569. The highest BCUT2D eigenvalue weighted by Crippen LogP contribution is 1.83. The van der Waals surface area contributed by atoms with Crippen molar-refractivity contribution in [2.24, 2.45) is 11.5 Å². The van der Waals surface area contributed by atoms with Crippen LogP contribution < -0.4 is 11.5 Å². The maximum absolute atomic E-state index is 10.1. The normalized spacial score (nSPS) is 13.2. The lowest BCUT2D eigenvalue weighted by Crippen LogP contribution is -2.30. The molecule has 0 aliphatic carbocycles. The van der Waals surface area contributed by atoms with Crippen LogP contribution in [0.1, 0.15) is 6.92 Å². The van der Waals surface area contributed by atoms with Gasteiger partial charge in [-0.1, -0.05) is 0 Å². The highest BCUT2D eigenvalue weighted by molar-refractivity contribution is 5.78.